The maximum atomic E-state index is 12.2. The number of piperidine rings is 1. The van der Waals surface area contributed by atoms with Gasteiger partial charge in [0.25, 0.3) is 5.91 Å². The Morgan fingerprint density at radius 1 is 1.23 bits per heavy atom. The predicted octanol–water partition coefficient (Wildman–Crippen LogP) is 3.41. The summed E-state index contributed by atoms with van der Waals surface area (Å²) in [5.74, 6) is 0.305. The molecule has 1 aromatic heterocycles. The van der Waals surface area contributed by atoms with Crippen molar-refractivity contribution in [2.45, 2.75) is 25.8 Å². The van der Waals surface area contributed by atoms with Crippen molar-refractivity contribution in [1.82, 2.24) is 4.90 Å². The highest BCUT2D eigenvalue weighted by molar-refractivity contribution is 9.10. The maximum absolute atomic E-state index is 12.2. The van der Waals surface area contributed by atoms with Gasteiger partial charge >= 0.3 is 0 Å². The van der Waals surface area contributed by atoms with Crippen LogP contribution in [-0.2, 0) is 11.3 Å². The van der Waals surface area contributed by atoms with Crippen molar-refractivity contribution >= 4 is 27.5 Å². The molecule has 1 aromatic carbocycles. The van der Waals surface area contributed by atoms with E-state index in [0.717, 1.165) is 17.6 Å². The number of nitrogens with zero attached hydrogens (tertiary/aromatic N) is 1. The summed E-state index contributed by atoms with van der Waals surface area (Å²) in [6.07, 6.45) is 4.90. The van der Waals surface area contributed by atoms with Crippen LogP contribution in [-0.4, -0.2) is 30.5 Å². The van der Waals surface area contributed by atoms with Gasteiger partial charge in [0.05, 0.1) is 6.54 Å². The second kappa shape index (κ2) is 9.00. The number of ether oxygens (including phenoxy) is 1. The highest BCUT2D eigenvalue weighted by Gasteiger charge is 2.13. The summed E-state index contributed by atoms with van der Waals surface area (Å²) in [4.78, 5) is 26.4. The van der Waals surface area contributed by atoms with E-state index in [1.54, 1.807) is 12.1 Å². The molecule has 1 amide bonds. The van der Waals surface area contributed by atoms with Gasteiger partial charge in [0.2, 0.25) is 11.2 Å². The first-order valence-electron chi connectivity index (χ1n) is 8.62. The number of anilines is 1. The van der Waals surface area contributed by atoms with Crippen molar-refractivity contribution in [3.63, 3.8) is 0 Å². The van der Waals surface area contributed by atoms with Crippen molar-refractivity contribution < 1.29 is 13.9 Å². The van der Waals surface area contributed by atoms with Gasteiger partial charge in [0.1, 0.15) is 12.0 Å². The zero-order valence-electron chi connectivity index (χ0n) is 14.4. The van der Waals surface area contributed by atoms with Crippen LogP contribution in [0, 0.1) is 0 Å². The Labute approximate surface area is 160 Å². The number of hydrogen-bond donors (Lipinski definition) is 1. The van der Waals surface area contributed by atoms with E-state index < -0.39 is 0 Å². The molecule has 26 heavy (non-hydrogen) atoms. The van der Waals surface area contributed by atoms with Crippen molar-refractivity contribution in [3.05, 3.63) is 57.1 Å². The number of hydrogen-bond acceptors (Lipinski definition) is 5. The van der Waals surface area contributed by atoms with Gasteiger partial charge in [-0.2, -0.15) is 0 Å². The predicted molar refractivity (Wildman–Crippen MR) is 102 cm³/mol. The van der Waals surface area contributed by atoms with E-state index in [1.807, 2.05) is 12.1 Å². The molecule has 0 aliphatic carbocycles. The number of carbonyl (C=O) groups excluding carboxylic acids is 1. The van der Waals surface area contributed by atoms with Gasteiger partial charge in [0, 0.05) is 16.2 Å². The summed E-state index contributed by atoms with van der Waals surface area (Å²) >= 11 is 3.34. The minimum atomic E-state index is -0.347. The lowest BCUT2D eigenvalue weighted by Gasteiger charge is -2.25. The normalized spacial score (nSPS) is 14.8. The third-order valence-electron chi connectivity index (χ3n) is 4.15. The van der Waals surface area contributed by atoms with Crippen LogP contribution >= 0.6 is 15.9 Å². The fourth-order valence-corrected chi connectivity index (χ4v) is 3.27. The molecule has 1 fully saturated rings. The molecule has 1 aliphatic rings. The highest BCUT2D eigenvalue weighted by atomic mass is 79.9. The third kappa shape index (κ3) is 5.44. The molecule has 0 unspecified atom stereocenters. The van der Waals surface area contributed by atoms with Gasteiger partial charge in [-0.1, -0.05) is 28.4 Å². The molecule has 0 radical (unpaired) electrons. The van der Waals surface area contributed by atoms with E-state index >= 15 is 0 Å². The summed E-state index contributed by atoms with van der Waals surface area (Å²) in [5.41, 5.74) is 0.371. The van der Waals surface area contributed by atoms with Crippen molar-refractivity contribution in [2.75, 3.05) is 25.0 Å². The number of nitrogens with one attached hydrogen (secondary N) is 1. The topological polar surface area (TPSA) is 71.8 Å². The van der Waals surface area contributed by atoms with Crippen LogP contribution in [0.4, 0.5) is 5.69 Å². The van der Waals surface area contributed by atoms with Gasteiger partial charge in [-0.3, -0.25) is 14.5 Å². The lowest BCUT2D eigenvalue weighted by Crippen LogP contribution is -2.29. The van der Waals surface area contributed by atoms with E-state index in [1.165, 1.54) is 31.6 Å². The van der Waals surface area contributed by atoms with E-state index in [2.05, 4.69) is 26.1 Å². The number of rotatable bonds is 6. The Morgan fingerprint density at radius 2 is 2.04 bits per heavy atom. The summed E-state index contributed by atoms with van der Waals surface area (Å²) in [7, 11) is 0. The Balaban J connectivity index is 1.53. The fourth-order valence-electron chi connectivity index (χ4n) is 2.87. The summed E-state index contributed by atoms with van der Waals surface area (Å²) in [6, 6.07) is 8.67. The zero-order valence-corrected chi connectivity index (χ0v) is 16.0. The highest BCUT2D eigenvalue weighted by Crippen LogP contribution is 2.16. The first-order valence-corrected chi connectivity index (χ1v) is 9.42. The summed E-state index contributed by atoms with van der Waals surface area (Å²) in [5, 5.41) is 2.70. The van der Waals surface area contributed by atoms with Crippen LogP contribution in [0.3, 0.4) is 0 Å². The molecular weight excluding hydrogens is 400 g/mol. The molecule has 3 rings (SSSR count). The van der Waals surface area contributed by atoms with Crippen LogP contribution < -0.4 is 15.5 Å². The first kappa shape index (κ1) is 18.7. The lowest BCUT2D eigenvalue weighted by atomic mass is 10.1. The second-order valence-corrected chi connectivity index (χ2v) is 7.17. The molecule has 2 aromatic rings. The number of likely N-dealkylation sites (tertiary alicyclic amines) is 1. The molecular formula is C19H21BrN2O4. The van der Waals surface area contributed by atoms with Gasteiger partial charge in [0.15, 0.2) is 6.61 Å². The Kier molecular flexibility index (Phi) is 6.46. The quantitative estimate of drug-likeness (QED) is 0.774. The van der Waals surface area contributed by atoms with Crippen LogP contribution in [0.1, 0.15) is 25.0 Å². The molecule has 2 heterocycles. The average molecular weight is 421 g/mol. The number of halogens is 1. The van der Waals surface area contributed by atoms with Gasteiger partial charge < -0.3 is 14.5 Å². The Morgan fingerprint density at radius 3 is 2.77 bits per heavy atom. The van der Waals surface area contributed by atoms with Crippen LogP contribution in [0.2, 0.25) is 0 Å². The number of amides is 1. The smallest absolute Gasteiger partial charge is 0.262 e. The standard InChI is InChI=1S/C19H21BrN2O4/c20-14-5-4-6-15(9-14)21-19(24)13-26-18-12-25-16(10-17(18)23)11-22-7-2-1-3-8-22/h4-6,9-10,12H,1-3,7-8,11,13H2,(H,21,24). The molecule has 1 N–H and O–H groups in total. The van der Waals surface area contributed by atoms with E-state index in [-0.39, 0.29) is 23.7 Å². The molecule has 0 saturated carbocycles. The van der Waals surface area contributed by atoms with Crippen LogP contribution in [0.5, 0.6) is 5.75 Å². The molecule has 0 spiro atoms. The average Bonchev–Trinajstić information content (AvgIpc) is 2.62. The van der Waals surface area contributed by atoms with Crippen LogP contribution in [0.25, 0.3) is 0 Å². The molecule has 0 atom stereocenters. The van der Waals surface area contributed by atoms with Crippen molar-refractivity contribution in [1.29, 1.82) is 0 Å². The molecule has 1 saturated heterocycles. The first-order chi connectivity index (χ1) is 12.6. The van der Waals surface area contributed by atoms with Crippen molar-refractivity contribution in [2.24, 2.45) is 0 Å². The molecule has 0 bridgehead atoms. The minimum Gasteiger partial charge on any atom is -0.477 e. The molecule has 6 nitrogen and oxygen atoms in total. The largest absolute Gasteiger partial charge is 0.477 e. The number of benzene rings is 1. The minimum absolute atomic E-state index is 0.0387. The maximum Gasteiger partial charge on any atom is 0.262 e. The number of carbonyl (C=O) groups is 1. The van der Waals surface area contributed by atoms with E-state index in [4.69, 9.17) is 9.15 Å². The Hall–Kier alpha value is -2.12. The third-order valence-corrected chi connectivity index (χ3v) is 4.64. The molecule has 1 aliphatic heterocycles. The Bertz CT molecular complexity index is 815. The monoisotopic (exact) mass is 420 g/mol. The summed E-state index contributed by atoms with van der Waals surface area (Å²) < 4.78 is 11.7. The van der Waals surface area contributed by atoms with Gasteiger partial charge in [-0.05, 0) is 44.1 Å². The zero-order chi connectivity index (χ0) is 18.4. The molecule has 138 valence electrons. The van der Waals surface area contributed by atoms with E-state index in [0.29, 0.717) is 18.0 Å². The second-order valence-electron chi connectivity index (χ2n) is 6.26. The van der Waals surface area contributed by atoms with Crippen LogP contribution in [0.15, 0.2) is 50.3 Å². The van der Waals surface area contributed by atoms with Gasteiger partial charge in [-0.25, -0.2) is 0 Å². The lowest BCUT2D eigenvalue weighted by molar-refractivity contribution is -0.118. The van der Waals surface area contributed by atoms with Gasteiger partial charge in [-0.15, -0.1) is 0 Å². The fraction of sp³-hybridized carbons (Fsp3) is 0.368. The SMILES string of the molecule is O=C(COc1coc(CN2CCCCC2)cc1=O)Nc1cccc(Br)c1. The summed E-state index contributed by atoms with van der Waals surface area (Å²) in [6.45, 7) is 2.41. The van der Waals surface area contributed by atoms with E-state index in [9.17, 15) is 9.59 Å². The molecule has 7 heteroatoms. The van der Waals surface area contributed by atoms with Crippen molar-refractivity contribution in [3.8, 4) is 5.75 Å².